The summed E-state index contributed by atoms with van der Waals surface area (Å²) >= 11 is 0. The van der Waals surface area contributed by atoms with E-state index in [1.165, 1.54) is 83.1 Å². The summed E-state index contributed by atoms with van der Waals surface area (Å²) < 4.78 is 2.32. The summed E-state index contributed by atoms with van der Waals surface area (Å²) in [6, 6.07) is 22.7. The Labute approximate surface area is 285 Å². The first-order valence-corrected chi connectivity index (χ1v) is 17.0. The average molecular weight is 626 g/mol. The summed E-state index contributed by atoms with van der Waals surface area (Å²) in [6.45, 7) is 23.1. The molecular formula is C44H44BN3. The van der Waals surface area contributed by atoms with Crippen molar-refractivity contribution in [3.8, 4) is 16.8 Å². The molecule has 0 amide bonds. The average Bonchev–Trinajstić information content (AvgIpc) is 3.38. The van der Waals surface area contributed by atoms with E-state index in [4.69, 9.17) is 0 Å². The molecule has 4 heteroatoms. The quantitative estimate of drug-likeness (QED) is 0.179. The summed E-state index contributed by atoms with van der Waals surface area (Å²) in [5.41, 5.74) is 23.9. The maximum atomic E-state index is 4.40. The minimum atomic E-state index is 0.152. The molecule has 7 rings (SSSR count). The van der Waals surface area contributed by atoms with E-state index < -0.39 is 0 Å². The highest BCUT2D eigenvalue weighted by Crippen LogP contribution is 2.35. The SMILES string of the molecule is Cc1cc(C)c(B(c2c(C)cc(C)cc2C)c2c(C)c(C)c(-c3ccc(-n4c5ccncc5c5cnccc54)cc3)c(C)c2C)c(C)c1. The van der Waals surface area contributed by atoms with Crippen LogP contribution in [0.2, 0.25) is 0 Å². The van der Waals surface area contributed by atoms with Gasteiger partial charge < -0.3 is 4.57 Å². The van der Waals surface area contributed by atoms with Crippen molar-refractivity contribution in [2.24, 2.45) is 0 Å². The van der Waals surface area contributed by atoms with Crippen LogP contribution in [-0.2, 0) is 0 Å². The molecule has 0 saturated carbocycles. The number of rotatable bonds is 5. The number of pyridine rings is 2. The van der Waals surface area contributed by atoms with Crippen LogP contribution in [0.4, 0.5) is 0 Å². The van der Waals surface area contributed by atoms with Gasteiger partial charge in [-0.25, -0.2) is 0 Å². The molecule has 0 aliphatic rings. The van der Waals surface area contributed by atoms with Crippen molar-refractivity contribution in [1.82, 2.24) is 14.5 Å². The topological polar surface area (TPSA) is 30.7 Å². The lowest BCUT2D eigenvalue weighted by Crippen LogP contribution is -2.57. The Bertz CT molecular complexity index is 2210. The van der Waals surface area contributed by atoms with Gasteiger partial charge in [-0.2, -0.15) is 0 Å². The third-order valence-electron chi connectivity index (χ3n) is 10.8. The molecule has 0 fully saturated rings. The molecule has 0 saturated heterocycles. The molecule has 0 N–H and O–H groups in total. The lowest BCUT2D eigenvalue weighted by Gasteiger charge is -2.30. The Hall–Kier alpha value is -4.96. The van der Waals surface area contributed by atoms with Gasteiger partial charge in [0.15, 0.2) is 0 Å². The van der Waals surface area contributed by atoms with Gasteiger partial charge in [0.1, 0.15) is 0 Å². The zero-order chi connectivity index (χ0) is 34.0. The first kappa shape index (κ1) is 31.6. The number of hydrogen-bond donors (Lipinski definition) is 0. The van der Waals surface area contributed by atoms with Gasteiger partial charge in [0.25, 0.3) is 0 Å². The maximum Gasteiger partial charge on any atom is 0.243 e. The molecular weight excluding hydrogens is 581 g/mol. The third kappa shape index (κ3) is 4.97. The van der Waals surface area contributed by atoms with E-state index in [-0.39, 0.29) is 6.71 Å². The van der Waals surface area contributed by atoms with Crippen LogP contribution in [0.3, 0.4) is 0 Å². The predicted molar refractivity (Wildman–Crippen MR) is 207 cm³/mol. The minimum Gasteiger partial charge on any atom is -0.309 e. The lowest BCUT2D eigenvalue weighted by molar-refractivity contribution is 1.17. The maximum absolute atomic E-state index is 4.40. The van der Waals surface area contributed by atoms with E-state index in [1.807, 2.05) is 24.8 Å². The molecule has 0 bridgehead atoms. The molecule has 3 heterocycles. The Balaban J connectivity index is 1.42. The fourth-order valence-electron chi connectivity index (χ4n) is 8.70. The molecule has 7 aromatic rings. The van der Waals surface area contributed by atoms with E-state index in [9.17, 15) is 0 Å². The molecule has 0 atom stereocenters. The fourth-order valence-corrected chi connectivity index (χ4v) is 8.70. The molecule has 3 aromatic heterocycles. The second-order valence-corrected chi connectivity index (χ2v) is 14.0. The Kier molecular flexibility index (Phi) is 7.86. The zero-order valence-corrected chi connectivity index (χ0v) is 30.0. The van der Waals surface area contributed by atoms with Crippen LogP contribution in [0.5, 0.6) is 0 Å². The number of nitrogens with zero attached hydrogens (tertiary/aromatic N) is 3. The van der Waals surface area contributed by atoms with Crippen LogP contribution in [0.15, 0.2) is 85.5 Å². The van der Waals surface area contributed by atoms with E-state index >= 15 is 0 Å². The highest BCUT2D eigenvalue weighted by Gasteiger charge is 2.32. The first-order chi connectivity index (χ1) is 23.0. The summed E-state index contributed by atoms with van der Waals surface area (Å²) in [6.07, 6.45) is 7.62. The van der Waals surface area contributed by atoms with E-state index in [1.54, 1.807) is 0 Å². The van der Waals surface area contributed by atoms with Crippen molar-refractivity contribution in [2.45, 2.75) is 69.2 Å². The van der Waals surface area contributed by atoms with Gasteiger partial charge >= 0.3 is 0 Å². The van der Waals surface area contributed by atoms with E-state index in [2.05, 4.69) is 144 Å². The second kappa shape index (κ2) is 11.9. The summed E-state index contributed by atoms with van der Waals surface area (Å²) in [7, 11) is 0. The molecule has 238 valence electrons. The molecule has 0 unspecified atom stereocenters. The van der Waals surface area contributed by atoms with Crippen molar-refractivity contribution in [3.63, 3.8) is 0 Å². The zero-order valence-electron chi connectivity index (χ0n) is 30.0. The van der Waals surface area contributed by atoms with Gasteiger partial charge in [0.2, 0.25) is 6.71 Å². The van der Waals surface area contributed by atoms with Crippen LogP contribution >= 0.6 is 0 Å². The van der Waals surface area contributed by atoms with Crippen LogP contribution in [0.1, 0.15) is 55.6 Å². The number of fused-ring (bicyclic) bond motifs is 3. The lowest BCUT2D eigenvalue weighted by atomic mass is 9.32. The molecule has 0 spiro atoms. The predicted octanol–water partition coefficient (Wildman–Crippen LogP) is 8.84. The summed E-state index contributed by atoms with van der Waals surface area (Å²) in [5, 5.41) is 2.23. The molecule has 0 aliphatic carbocycles. The number of hydrogen-bond acceptors (Lipinski definition) is 2. The summed E-state index contributed by atoms with van der Waals surface area (Å²) in [4.78, 5) is 8.81. The normalized spacial score (nSPS) is 11.5. The smallest absolute Gasteiger partial charge is 0.243 e. The largest absolute Gasteiger partial charge is 0.309 e. The standard InChI is InChI=1S/C44H44BN3/c1-25-19-27(3)42(28(4)20-25)45(43-29(5)21-26(2)22-30(43)6)44-33(9)31(7)41(32(8)34(44)10)35-11-13-36(14-12-35)48-39-15-17-46-23-37(39)38-24-47-18-16-40(38)48/h11-24H,1-10H3. The molecule has 0 aliphatic heterocycles. The van der Waals surface area contributed by atoms with Crippen LogP contribution in [-0.4, -0.2) is 21.2 Å². The van der Waals surface area contributed by atoms with Crippen molar-refractivity contribution >= 4 is 44.9 Å². The first-order valence-electron chi connectivity index (χ1n) is 17.0. The Morgan fingerprint density at radius 3 is 1.31 bits per heavy atom. The molecule has 0 radical (unpaired) electrons. The van der Waals surface area contributed by atoms with E-state index in [0.29, 0.717) is 0 Å². The van der Waals surface area contributed by atoms with Crippen molar-refractivity contribution in [3.05, 3.63) is 141 Å². The van der Waals surface area contributed by atoms with Gasteiger partial charge in [-0.15, -0.1) is 0 Å². The fraction of sp³-hybridized carbons (Fsp3) is 0.227. The molecule has 4 aromatic carbocycles. The van der Waals surface area contributed by atoms with Gasteiger partial charge in [-0.05, 0) is 116 Å². The summed E-state index contributed by atoms with van der Waals surface area (Å²) in [5.74, 6) is 0. The van der Waals surface area contributed by atoms with Gasteiger partial charge in [-0.3, -0.25) is 9.97 Å². The van der Waals surface area contributed by atoms with Crippen molar-refractivity contribution in [2.75, 3.05) is 0 Å². The third-order valence-corrected chi connectivity index (χ3v) is 10.8. The highest BCUT2D eigenvalue weighted by atomic mass is 15.0. The number of aryl methyl sites for hydroxylation is 6. The van der Waals surface area contributed by atoms with E-state index in [0.717, 1.165) is 27.5 Å². The van der Waals surface area contributed by atoms with Gasteiger partial charge in [0.05, 0.1) is 11.0 Å². The van der Waals surface area contributed by atoms with Crippen molar-refractivity contribution < 1.29 is 0 Å². The monoisotopic (exact) mass is 625 g/mol. The Morgan fingerprint density at radius 2 is 0.896 bits per heavy atom. The molecule has 48 heavy (non-hydrogen) atoms. The number of benzene rings is 4. The van der Waals surface area contributed by atoms with Crippen LogP contribution < -0.4 is 16.4 Å². The molecule has 3 nitrogen and oxygen atoms in total. The minimum absolute atomic E-state index is 0.152. The number of aromatic nitrogens is 3. The second-order valence-electron chi connectivity index (χ2n) is 14.0. The van der Waals surface area contributed by atoms with Crippen molar-refractivity contribution in [1.29, 1.82) is 0 Å². The Morgan fingerprint density at radius 1 is 0.479 bits per heavy atom. The van der Waals surface area contributed by atoms with Crippen LogP contribution in [0.25, 0.3) is 38.6 Å². The highest BCUT2D eigenvalue weighted by molar-refractivity contribution is 6.97. The van der Waals surface area contributed by atoms with Gasteiger partial charge in [0, 0.05) is 41.2 Å². The van der Waals surface area contributed by atoms with Crippen LogP contribution in [0, 0.1) is 69.2 Å². The van der Waals surface area contributed by atoms with Gasteiger partial charge in [-0.1, -0.05) is 97.3 Å².